The lowest BCUT2D eigenvalue weighted by atomic mass is 9.72. The summed E-state index contributed by atoms with van der Waals surface area (Å²) in [5.41, 5.74) is -0.504. The van der Waals surface area contributed by atoms with E-state index in [1.54, 1.807) is 0 Å². The number of ether oxygens (including phenoxy) is 4. The molecule has 4 N–H and O–H groups in total. The van der Waals surface area contributed by atoms with Crippen molar-refractivity contribution in [1.29, 1.82) is 0 Å². The Balaban J connectivity index is 2.33. The Morgan fingerprint density at radius 1 is 1.10 bits per heavy atom. The number of aliphatic carboxylic acids is 1. The number of carbonyl (C=O) groups is 3. The van der Waals surface area contributed by atoms with Gasteiger partial charge in [0.15, 0.2) is 0 Å². The summed E-state index contributed by atoms with van der Waals surface area (Å²) in [7, 11) is 1.37. The lowest BCUT2D eigenvalue weighted by Gasteiger charge is -2.36. The zero-order valence-corrected chi connectivity index (χ0v) is 17.8. The van der Waals surface area contributed by atoms with E-state index in [9.17, 15) is 14.4 Å². The molecule has 2 atom stereocenters. The van der Waals surface area contributed by atoms with Crippen molar-refractivity contribution in [3.63, 3.8) is 0 Å². The minimum Gasteiger partial charge on any atom is -0.481 e. The molecule has 31 heavy (non-hydrogen) atoms. The van der Waals surface area contributed by atoms with Gasteiger partial charge in [0, 0.05) is 20.6 Å². The molecule has 1 amide bonds. The van der Waals surface area contributed by atoms with Gasteiger partial charge in [0.2, 0.25) is 6.29 Å². The summed E-state index contributed by atoms with van der Waals surface area (Å²) >= 11 is 0. The first-order valence-corrected chi connectivity index (χ1v) is 9.93. The third kappa shape index (κ3) is 11.8. The van der Waals surface area contributed by atoms with Crippen molar-refractivity contribution >= 4 is 18.0 Å². The maximum absolute atomic E-state index is 12.0. The number of methoxy groups -OCH3 is 1. The topological polar surface area (TPSA) is 173 Å². The van der Waals surface area contributed by atoms with Crippen LogP contribution in [0.2, 0.25) is 0 Å². The van der Waals surface area contributed by atoms with Gasteiger partial charge in [-0.1, -0.05) is 19.3 Å². The van der Waals surface area contributed by atoms with Crippen LogP contribution in [-0.4, -0.2) is 84.8 Å². The predicted octanol–water partition coefficient (Wildman–Crippen LogP) is 1.07. The molecule has 180 valence electrons. The SMILES string of the molecule is COC[C@H](COCC(=O)OC(C)OC(=O)NCC1(CC(=O)O)CCCCC1)ON(O)O. The van der Waals surface area contributed by atoms with Crippen LogP contribution < -0.4 is 5.32 Å². The number of alkyl carbamates (subject to hydrolysis) is 1. The van der Waals surface area contributed by atoms with Crippen LogP contribution in [0, 0.1) is 5.41 Å². The van der Waals surface area contributed by atoms with Crippen LogP contribution in [0.4, 0.5) is 4.79 Å². The highest BCUT2D eigenvalue weighted by atomic mass is 17.1. The van der Waals surface area contributed by atoms with Crippen molar-refractivity contribution in [3.8, 4) is 0 Å². The number of nitrogens with one attached hydrogen (secondary N) is 1. The Morgan fingerprint density at radius 3 is 2.35 bits per heavy atom. The second kappa shape index (κ2) is 14.1. The number of carbonyl (C=O) groups excluding carboxylic acids is 2. The van der Waals surface area contributed by atoms with Crippen LogP contribution >= 0.6 is 0 Å². The van der Waals surface area contributed by atoms with E-state index in [1.807, 2.05) is 0 Å². The van der Waals surface area contributed by atoms with E-state index < -0.39 is 47.8 Å². The quantitative estimate of drug-likeness (QED) is 0.168. The first-order chi connectivity index (χ1) is 14.7. The molecule has 0 aromatic carbocycles. The van der Waals surface area contributed by atoms with Gasteiger partial charge in [-0.3, -0.25) is 15.2 Å². The maximum Gasteiger partial charge on any atom is 0.410 e. The number of nitrogens with zero attached hydrogens (tertiary/aromatic N) is 1. The summed E-state index contributed by atoms with van der Waals surface area (Å²) in [4.78, 5) is 39.5. The minimum atomic E-state index is -1.20. The number of esters is 1. The monoisotopic (exact) mass is 452 g/mol. The standard InChI is InChI=1S/C18H32N2O11/c1-13(29-16(23)11-28-10-14(9-27-2)31-20(25)26)30-17(24)19-12-18(8-15(21)22)6-4-3-5-7-18/h13-14,25-26H,3-12H2,1-2H3,(H,19,24)(H,21,22)/t13?,14-/m1/s1. The van der Waals surface area contributed by atoms with E-state index >= 15 is 0 Å². The summed E-state index contributed by atoms with van der Waals surface area (Å²) < 4.78 is 19.7. The molecule has 0 heterocycles. The van der Waals surface area contributed by atoms with Crippen LogP contribution in [0.15, 0.2) is 0 Å². The Hall–Kier alpha value is -2.03. The lowest BCUT2D eigenvalue weighted by Crippen LogP contribution is -2.41. The third-order valence-corrected chi connectivity index (χ3v) is 4.74. The molecule has 1 rings (SSSR count). The van der Waals surface area contributed by atoms with E-state index in [-0.39, 0.29) is 26.2 Å². The molecular formula is C18H32N2O11. The molecule has 1 fully saturated rings. The van der Waals surface area contributed by atoms with Gasteiger partial charge in [-0.05, 0) is 18.3 Å². The normalized spacial score (nSPS) is 17.6. The average molecular weight is 452 g/mol. The minimum absolute atomic E-state index is 0.0320. The molecule has 0 radical (unpaired) electrons. The smallest absolute Gasteiger partial charge is 0.410 e. The van der Waals surface area contributed by atoms with Gasteiger partial charge in [-0.2, -0.15) is 0 Å². The summed E-state index contributed by atoms with van der Waals surface area (Å²) in [6.07, 6.45) is 1.32. The van der Waals surface area contributed by atoms with E-state index in [0.29, 0.717) is 12.8 Å². The molecule has 0 aliphatic heterocycles. The van der Waals surface area contributed by atoms with Crippen molar-refractivity contribution in [1.82, 2.24) is 10.7 Å². The molecule has 1 unspecified atom stereocenters. The van der Waals surface area contributed by atoms with Crippen molar-refractivity contribution in [2.75, 3.05) is 33.5 Å². The molecule has 0 aromatic rings. The molecule has 1 aliphatic carbocycles. The summed E-state index contributed by atoms with van der Waals surface area (Å²) in [6.45, 7) is 0.766. The highest BCUT2D eigenvalue weighted by Crippen LogP contribution is 2.38. The van der Waals surface area contributed by atoms with Crippen molar-refractivity contribution in [3.05, 3.63) is 0 Å². The molecule has 13 heteroatoms. The molecule has 13 nitrogen and oxygen atoms in total. The number of rotatable bonds is 14. The summed E-state index contributed by atoms with van der Waals surface area (Å²) in [5, 5.41) is 28.5. The van der Waals surface area contributed by atoms with Gasteiger partial charge in [0.05, 0.1) is 25.0 Å². The number of hydrogen-bond acceptors (Lipinski definition) is 11. The largest absolute Gasteiger partial charge is 0.481 e. The predicted molar refractivity (Wildman–Crippen MR) is 101 cm³/mol. The summed E-state index contributed by atoms with van der Waals surface area (Å²) in [6, 6.07) is 0. The Bertz CT molecular complexity index is 567. The summed E-state index contributed by atoms with van der Waals surface area (Å²) in [5.74, 6) is -1.74. The molecule has 1 aliphatic rings. The second-order valence-corrected chi connectivity index (χ2v) is 7.40. The van der Waals surface area contributed by atoms with E-state index in [1.165, 1.54) is 14.0 Å². The number of amides is 1. The molecular weight excluding hydrogens is 420 g/mol. The highest BCUT2D eigenvalue weighted by molar-refractivity contribution is 5.71. The van der Waals surface area contributed by atoms with Crippen LogP contribution in [0.25, 0.3) is 0 Å². The van der Waals surface area contributed by atoms with Gasteiger partial charge in [0.1, 0.15) is 12.7 Å². The molecule has 0 aromatic heterocycles. The molecule has 0 bridgehead atoms. The third-order valence-electron chi connectivity index (χ3n) is 4.74. The second-order valence-electron chi connectivity index (χ2n) is 7.40. The van der Waals surface area contributed by atoms with Crippen LogP contribution in [0.5, 0.6) is 0 Å². The Morgan fingerprint density at radius 2 is 1.77 bits per heavy atom. The van der Waals surface area contributed by atoms with Crippen molar-refractivity contribution < 1.29 is 53.7 Å². The van der Waals surface area contributed by atoms with E-state index in [0.717, 1.165) is 19.3 Å². The van der Waals surface area contributed by atoms with Gasteiger partial charge in [-0.25, -0.2) is 14.4 Å². The van der Waals surface area contributed by atoms with Crippen LogP contribution in [-0.2, 0) is 33.4 Å². The number of carboxylic acids is 1. The molecule has 0 spiro atoms. The Kier molecular flexibility index (Phi) is 12.3. The van der Waals surface area contributed by atoms with Crippen LogP contribution in [0.1, 0.15) is 45.4 Å². The van der Waals surface area contributed by atoms with E-state index in [2.05, 4.69) is 10.2 Å². The zero-order valence-electron chi connectivity index (χ0n) is 17.8. The average Bonchev–Trinajstić information content (AvgIpc) is 2.66. The van der Waals surface area contributed by atoms with Gasteiger partial charge < -0.3 is 29.4 Å². The lowest BCUT2D eigenvalue weighted by molar-refractivity contribution is -0.507. The van der Waals surface area contributed by atoms with Gasteiger partial charge in [0.25, 0.3) is 0 Å². The number of hydrogen-bond donors (Lipinski definition) is 4. The van der Waals surface area contributed by atoms with Crippen LogP contribution in [0.3, 0.4) is 0 Å². The highest BCUT2D eigenvalue weighted by Gasteiger charge is 2.35. The molecule has 0 saturated heterocycles. The first kappa shape index (κ1) is 27.0. The fraction of sp³-hybridized carbons (Fsp3) is 0.833. The van der Waals surface area contributed by atoms with E-state index in [4.69, 9.17) is 34.5 Å². The Labute approximate surface area is 180 Å². The number of carboxylic acid groups (broad SMARTS) is 1. The van der Waals surface area contributed by atoms with Gasteiger partial charge in [-0.15, -0.1) is 0 Å². The van der Waals surface area contributed by atoms with Crippen molar-refractivity contribution in [2.24, 2.45) is 5.41 Å². The zero-order chi connectivity index (χ0) is 23.3. The fourth-order valence-corrected chi connectivity index (χ4v) is 3.44. The van der Waals surface area contributed by atoms with Gasteiger partial charge >= 0.3 is 18.0 Å². The van der Waals surface area contributed by atoms with Crippen molar-refractivity contribution in [2.45, 2.75) is 57.8 Å². The first-order valence-electron chi connectivity index (χ1n) is 9.93. The maximum atomic E-state index is 12.0. The fourth-order valence-electron chi connectivity index (χ4n) is 3.44. The molecule has 1 saturated carbocycles.